The van der Waals surface area contributed by atoms with Crippen molar-refractivity contribution in [3.63, 3.8) is 0 Å². The average molecular weight is 402 g/mol. The van der Waals surface area contributed by atoms with Crippen LogP contribution in [-0.2, 0) is 34.1 Å². The van der Waals surface area contributed by atoms with Crippen LogP contribution in [0.15, 0.2) is 0 Å². The molecule has 0 bridgehead atoms. The maximum Gasteiger partial charge on any atom is 2.00 e. The topological polar surface area (TPSA) is 0 Å². The van der Waals surface area contributed by atoms with Crippen LogP contribution in [0.3, 0.4) is 0 Å². The molecular formula is C20H19Fe2P+4. The first-order chi connectivity index (χ1) is 10.4. The third-order valence-corrected chi connectivity index (χ3v) is 3.97. The van der Waals surface area contributed by atoms with Crippen molar-refractivity contribution < 1.29 is 34.1 Å². The van der Waals surface area contributed by atoms with Gasteiger partial charge in [0.15, 0.2) is 0 Å². The monoisotopic (exact) mass is 402 g/mol. The first kappa shape index (κ1) is 24.5. The van der Waals surface area contributed by atoms with Gasteiger partial charge in [-0.2, -0.15) is 0 Å². The quantitative estimate of drug-likeness (QED) is 0.474. The maximum absolute atomic E-state index is 2.17. The molecule has 4 aliphatic carbocycles. The minimum absolute atomic E-state index is 0. The van der Waals surface area contributed by atoms with Crippen molar-refractivity contribution in [1.82, 2.24) is 0 Å². The van der Waals surface area contributed by atoms with Crippen LogP contribution in [0.5, 0.6) is 0 Å². The Morgan fingerprint density at radius 1 is 0.348 bits per heavy atom. The second-order valence-corrected chi connectivity index (χ2v) is 5.80. The molecule has 0 aromatic rings. The second kappa shape index (κ2) is 16.9. The average Bonchev–Trinajstić information content (AvgIpc) is 3.30. The van der Waals surface area contributed by atoms with Crippen molar-refractivity contribution in [2.24, 2.45) is 0 Å². The van der Waals surface area contributed by atoms with Crippen LogP contribution >= 0.6 is 8.58 Å². The zero-order valence-electron chi connectivity index (χ0n) is 12.6. The van der Waals surface area contributed by atoms with Crippen molar-refractivity contribution in [3.05, 3.63) is 127 Å². The zero-order chi connectivity index (χ0) is 14.6. The standard InChI is InChI=1S/C10H9P.2C5H5.2Fe/c1-2-6-9(5-1)11-10-7-3-4-8-10;2*1-2-4-5-3-1;;/h1-8,11H;2*1-5H;;/q;;;2*+2. The van der Waals surface area contributed by atoms with Gasteiger partial charge < -0.3 is 0 Å². The molecule has 0 aromatic heterocycles. The van der Waals surface area contributed by atoms with E-state index in [-0.39, 0.29) is 34.1 Å². The molecule has 0 unspecified atom stereocenters. The molecule has 4 aliphatic rings. The number of hydrogen-bond acceptors (Lipinski definition) is 0. The third-order valence-electron chi connectivity index (χ3n) is 2.73. The molecule has 0 aromatic carbocycles. The van der Waals surface area contributed by atoms with Crippen LogP contribution in [0.1, 0.15) is 0 Å². The molecule has 4 rings (SSSR count). The van der Waals surface area contributed by atoms with Crippen molar-refractivity contribution in [2.75, 3.05) is 0 Å². The molecule has 20 radical (unpaired) electrons. The van der Waals surface area contributed by atoms with E-state index in [4.69, 9.17) is 0 Å². The van der Waals surface area contributed by atoms with E-state index in [0.29, 0.717) is 0 Å². The van der Waals surface area contributed by atoms with Gasteiger partial charge in [-0.25, -0.2) is 0 Å². The van der Waals surface area contributed by atoms with Gasteiger partial charge in [0.05, 0.1) is 0 Å². The van der Waals surface area contributed by atoms with Crippen molar-refractivity contribution >= 4 is 8.58 Å². The third kappa shape index (κ3) is 12.5. The summed E-state index contributed by atoms with van der Waals surface area (Å²) in [6, 6.07) is 0. The van der Waals surface area contributed by atoms with Crippen LogP contribution in [-0.4, -0.2) is 0 Å². The molecule has 0 nitrogen and oxygen atoms in total. The van der Waals surface area contributed by atoms with Gasteiger partial charge in [0, 0.05) is 11.3 Å². The van der Waals surface area contributed by atoms with Crippen molar-refractivity contribution in [1.29, 1.82) is 0 Å². The molecule has 0 saturated heterocycles. The fourth-order valence-corrected chi connectivity index (χ4v) is 2.77. The number of rotatable bonds is 2. The molecule has 23 heavy (non-hydrogen) atoms. The Morgan fingerprint density at radius 2 is 0.565 bits per heavy atom. The van der Waals surface area contributed by atoms with Crippen molar-refractivity contribution in [2.45, 2.75) is 0 Å². The molecule has 0 N–H and O–H groups in total. The van der Waals surface area contributed by atoms with E-state index in [1.54, 1.807) is 0 Å². The minimum Gasteiger partial charge on any atom is -0.106 e. The molecule has 0 heterocycles. The van der Waals surface area contributed by atoms with Gasteiger partial charge >= 0.3 is 34.1 Å². The molecule has 0 aliphatic heterocycles. The van der Waals surface area contributed by atoms with Gasteiger partial charge in [0.1, 0.15) is 0 Å². The summed E-state index contributed by atoms with van der Waals surface area (Å²) in [5, 5.41) is 0. The summed E-state index contributed by atoms with van der Waals surface area (Å²) in [7, 11) is 0.826. The van der Waals surface area contributed by atoms with E-state index in [1.807, 2.05) is 64.2 Å². The molecule has 0 atom stereocenters. The first-order valence-electron chi connectivity index (χ1n) is 6.99. The Morgan fingerprint density at radius 3 is 0.783 bits per heavy atom. The molecule has 0 spiro atoms. The van der Waals surface area contributed by atoms with E-state index >= 15 is 0 Å². The van der Waals surface area contributed by atoms with Crippen LogP contribution in [0.25, 0.3) is 0 Å². The van der Waals surface area contributed by atoms with E-state index in [2.05, 4.69) is 51.4 Å². The fourth-order valence-electron chi connectivity index (χ4n) is 1.72. The van der Waals surface area contributed by atoms with Gasteiger partial charge in [-0.15, -0.1) is 8.58 Å². The molecule has 3 heteroatoms. The van der Waals surface area contributed by atoms with E-state index < -0.39 is 0 Å². The smallest absolute Gasteiger partial charge is 0.106 e. The molecule has 0 amide bonds. The minimum atomic E-state index is 0. The summed E-state index contributed by atoms with van der Waals surface area (Å²) in [5.74, 6) is 0. The van der Waals surface area contributed by atoms with Gasteiger partial charge in [0.25, 0.3) is 0 Å². The largest absolute Gasteiger partial charge is 2.00 e. The normalized spacial score (nSPS) is 24.0. The molecular weight excluding hydrogens is 383 g/mol. The zero-order valence-corrected chi connectivity index (χ0v) is 15.8. The maximum atomic E-state index is 2.17. The second-order valence-electron chi connectivity index (χ2n) is 4.40. The Kier molecular flexibility index (Phi) is 18.0. The van der Waals surface area contributed by atoms with Gasteiger partial charge in [-0.1, -0.05) is 0 Å². The Hall–Kier alpha value is 1.47. The van der Waals surface area contributed by atoms with Crippen LogP contribution in [0.2, 0.25) is 0 Å². The van der Waals surface area contributed by atoms with Crippen LogP contribution in [0.4, 0.5) is 0 Å². The van der Waals surface area contributed by atoms with E-state index in [0.717, 1.165) is 8.58 Å². The van der Waals surface area contributed by atoms with Gasteiger partial charge in [-0.3, -0.25) is 0 Å². The van der Waals surface area contributed by atoms with E-state index in [1.165, 1.54) is 11.3 Å². The summed E-state index contributed by atoms with van der Waals surface area (Å²) in [6.07, 6.45) is 37.0. The van der Waals surface area contributed by atoms with Crippen LogP contribution in [0, 0.1) is 127 Å². The molecule has 4 saturated carbocycles. The summed E-state index contributed by atoms with van der Waals surface area (Å²) in [4.78, 5) is 0. The first-order valence-corrected chi connectivity index (χ1v) is 7.99. The summed E-state index contributed by atoms with van der Waals surface area (Å²) in [5.41, 5.74) is 2.85. The summed E-state index contributed by atoms with van der Waals surface area (Å²) in [6.45, 7) is 0. The summed E-state index contributed by atoms with van der Waals surface area (Å²) < 4.78 is 0. The predicted octanol–water partition coefficient (Wildman–Crippen LogP) is 4.43. The van der Waals surface area contributed by atoms with Crippen LogP contribution < -0.4 is 0 Å². The van der Waals surface area contributed by atoms with Gasteiger partial charge in [0.2, 0.25) is 0 Å². The predicted molar refractivity (Wildman–Crippen MR) is 92.2 cm³/mol. The van der Waals surface area contributed by atoms with E-state index in [9.17, 15) is 0 Å². The Labute approximate surface area is 169 Å². The number of hydrogen-bond donors (Lipinski definition) is 0. The van der Waals surface area contributed by atoms with Crippen molar-refractivity contribution in [3.8, 4) is 0 Å². The fraction of sp³-hybridized carbons (Fsp3) is 0. The SMILES string of the molecule is [CH]1[CH][CH][CH][CH]1.[CH]1[CH][CH][CH][CH]1.[CH]1[CH][CH][C](P[C]2[CH][CH][CH][CH]2)[CH]1.[Fe+2].[Fe+2]. The summed E-state index contributed by atoms with van der Waals surface area (Å²) >= 11 is 0. The molecule has 116 valence electrons. The van der Waals surface area contributed by atoms with Gasteiger partial charge in [-0.05, 0) is 116 Å². The Bertz CT molecular complexity index is 189. The Balaban J connectivity index is 0.000000342. The molecule has 4 fully saturated rings.